The van der Waals surface area contributed by atoms with Crippen LogP contribution in [0, 0.1) is 19.7 Å². The molecule has 24 heavy (non-hydrogen) atoms. The van der Waals surface area contributed by atoms with Crippen molar-refractivity contribution in [3.8, 4) is 0 Å². The third-order valence-electron chi connectivity index (χ3n) is 4.62. The normalized spacial score (nSPS) is 12.4. The molecule has 0 bridgehead atoms. The first-order valence-corrected chi connectivity index (χ1v) is 8.37. The highest BCUT2D eigenvalue weighted by atomic mass is 35.5. The van der Waals surface area contributed by atoms with Crippen molar-refractivity contribution in [2.45, 2.75) is 33.2 Å². The second kappa shape index (κ2) is 6.78. The monoisotopic (exact) mass is 342 g/mol. The van der Waals surface area contributed by atoms with Crippen LogP contribution in [0.3, 0.4) is 0 Å². The van der Waals surface area contributed by atoms with E-state index in [-0.39, 0.29) is 16.8 Å². The van der Waals surface area contributed by atoms with Crippen LogP contribution in [0.5, 0.6) is 0 Å². The summed E-state index contributed by atoms with van der Waals surface area (Å²) in [6, 6.07) is 11.4. The average molecular weight is 343 g/mol. The van der Waals surface area contributed by atoms with Crippen LogP contribution in [-0.2, 0) is 6.54 Å². The van der Waals surface area contributed by atoms with Crippen molar-refractivity contribution < 1.29 is 4.39 Å². The zero-order valence-electron chi connectivity index (χ0n) is 14.1. The van der Waals surface area contributed by atoms with Crippen molar-refractivity contribution in [1.29, 1.82) is 0 Å². The van der Waals surface area contributed by atoms with Gasteiger partial charge in [0.1, 0.15) is 11.6 Å². The van der Waals surface area contributed by atoms with E-state index in [1.165, 1.54) is 16.7 Å². The number of hydrogen-bond acceptors (Lipinski definition) is 1. The van der Waals surface area contributed by atoms with Crippen LogP contribution in [0.2, 0.25) is 5.02 Å². The molecule has 0 aliphatic rings. The van der Waals surface area contributed by atoms with Crippen LogP contribution in [0.15, 0.2) is 48.8 Å². The highest BCUT2D eigenvalue weighted by molar-refractivity contribution is 6.30. The second-order valence-corrected chi connectivity index (χ2v) is 6.54. The van der Waals surface area contributed by atoms with Gasteiger partial charge in [-0.25, -0.2) is 9.37 Å². The van der Waals surface area contributed by atoms with E-state index in [2.05, 4.69) is 44.0 Å². The molecule has 1 aromatic heterocycles. The maximum absolute atomic E-state index is 14.2. The molecule has 2 nitrogen and oxygen atoms in total. The highest BCUT2D eigenvalue weighted by Crippen LogP contribution is 2.28. The molecular formula is C20H20ClFN2. The van der Waals surface area contributed by atoms with E-state index in [1.54, 1.807) is 24.4 Å². The summed E-state index contributed by atoms with van der Waals surface area (Å²) < 4.78 is 16.2. The number of benzene rings is 2. The Hall–Kier alpha value is -2.13. The van der Waals surface area contributed by atoms with Crippen molar-refractivity contribution in [1.82, 2.24) is 9.55 Å². The van der Waals surface area contributed by atoms with E-state index in [0.29, 0.717) is 12.1 Å². The van der Waals surface area contributed by atoms with Crippen molar-refractivity contribution in [2.24, 2.45) is 0 Å². The lowest BCUT2D eigenvalue weighted by atomic mass is 9.93. The van der Waals surface area contributed by atoms with Gasteiger partial charge < -0.3 is 4.57 Å². The largest absolute Gasteiger partial charge is 0.330 e. The second-order valence-electron chi connectivity index (χ2n) is 6.14. The van der Waals surface area contributed by atoms with Gasteiger partial charge in [-0.05, 0) is 36.6 Å². The van der Waals surface area contributed by atoms with Crippen molar-refractivity contribution >= 4 is 11.6 Å². The summed E-state index contributed by atoms with van der Waals surface area (Å²) in [6.45, 7) is 6.79. The van der Waals surface area contributed by atoms with Gasteiger partial charge in [0.25, 0.3) is 0 Å². The van der Waals surface area contributed by atoms with Gasteiger partial charge in [-0.2, -0.15) is 0 Å². The Morgan fingerprint density at radius 1 is 1.17 bits per heavy atom. The minimum Gasteiger partial charge on any atom is -0.330 e. The molecule has 124 valence electrons. The summed E-state index contributed by atoms with van der Waals surface area (Å²) in [7, 11) is 0. The van der Waals surface area contributed by atoms with E-state index < -0.39 is 0 Å². The smallest absolute Gasteiger partial charge is 0.146 e. The molecule has 3 aromatic rings. The number of aromatic nitrogens is 2. The minimum absolute atomic E-state index is 0.127. The molecule has 0 spiro atoms. The Labute approximate surface area is 146 Å². The van der Waals surface area contributed by atoms with Gasteiger partial charge in [0.05, 0.1) is 11.6 Å². The predicted octanol–water partition coefficient (Wildman–Crippen LogP) is 5.49. The zero-order chi connectivity index (χ0) is 17.3. The lowest BCUT2D eigenvalue weighted by Crippen LogP contribution is -2.11. The maximum Gasteiger partial charge on any atom is 0.146 e. The van der Waals surface area contributed by atoms with Crippen molar-refractivity contribution in [2.75, 3.05) is 0 Å². The quantitative estimate of drug-likeness (QED) is 0.612. The van der Waals surface area contributed by atoms with E-state index in [4.69, 9.17) is 11.6 Å². The number of imidazole rings is 1. The molecule has 0 aliphatic carbocycles. The number of hydrogen-bond donors (Lipinski definition) is 0. The molecule has 3 rings (SSSR count). The van der Waals surface area contributed by atoms with Gasteiger partial charge in [-0.3, -0.25) is 0 Å². The SMILES string of the molecule is Cc1cccc([C@H](C)c2nccn2Cc2cccc(Cl)c2F)c1C. The molecule has 0 amide bonds. The topological polar surface area (TPSA) is 17.8 Å². The molecule has 0 saturated carbocycles. The molecular weight excluding hydrogens is 323 g/mol. The number of nitrogens with zero attached hydrogens (tertiary/aromatic N) is 2. The summed E-state index contributed by atoms with van der Waals surface area (Å²) >= 11 is 5.89. The first-order chi connectivity index (χ1) is 11.5. The molecule has 0 radical (unpaired) electrons. The van der Waals surface area contributed by atoms with Crippen LogP contribution in [-0.4, -0.2) is 9.55 Å². The van der Waals surface area contributed by atoms with Gasteiger partial charge in [0, 0.05) is 23.9 Å². The zero-order valence-corrected chi connectivity index (χ0v) is 14.8. The molecule has 0 saturated heterocycles. The molecule has 4 heteroatoms. The van der Waals surface area contributed by atoms with Gasteiger partial charge in [0.2, 0.25) is 0 Å². The average Bonchev–Trinajstić information content (AvgIpc) is 3.02. The molecule has 0 aliphatic heterocycles. The summed E-state index contributed by atoms with van der Waals surface area (Å²) in [5.41, 5.74) is 4.34. The van der Waals surface area contributed by atoms with E-state index >= 15 is 0 Å². The van der Waals surface area contributed by atoms with Crippen LogP contribution >= 0.6 is 11.6 Å². The lowest BCUT2D eigenvalue weighted by Gasteiger charge is -2.18. The summed E-state index contributed by atoms with van der Waals surface area (Å²) in [6.07, 6.45) is 3.65. The lowest BCUT2D eigenvalue weighted by molar-refractivity contribution is 0.591. The molecule has 0 fully saturated rings. The van der Waals surface area contributed by atoms with E-state index in [9.17, 15) is 4.39 Å². The first kappa shape index (κ1) is 16.7. The van der Waals surface area contributed by atoms with Crippen molar-refractivity contribution in [3.63, 3.8) is 0 Å². The van der Waals surface area contributed by atoms with Gasteiger partial charge in [-0.1, -0.05) is 48.9 Å². The Morgan fingerprint density at radius 3 is 2.71 bits per heavy atom. The Kier molecular flexibility index (Phi) is 4.72. The Bertz CT molecular complexity index is 870. The van der Waals surface area contributed by atoms with Crippen LogP contribution < -0.4 is 0 Å². The molecule has 2 aromatic carbocycles. The number of rotatable bonds is 4. The molecule has 0 N–H and O–H groups in total. The third-order valence-corrected chi connectivity index (χ3v) is 4.91. The van der Waals surface area contributed by atoms with Gasteiger partial charge in [-0.15, -0.1) is 0 Å². The van der Waals surface area contributed by atoms with E-state index in [0.717, 1.165) is 5.82 Å². The number of aryl methyl sites for hydroxylation is 1. The fourth-order valence-corrected chi connectivity index (χ4v) is 3.27. The summed E-state index contributed by atoms with van der Waals surface area (Å²) in [5, 5.41) is 0.150. The number of halogens is 2. The third kappa shape index (κ3) is 3.09. The predicted molar refractivity (Wildman–Crippen MR) is 96.2 cm³/mol. The highest BCUT2D eigenvalue weighted by Gasteiger charge is 2.18. The Morgan fingerprint density at radius 2 is 1.92 bits per heavy atom. The molecule has 0 unspecified atom stereocenters. The standard InChI is InChI=1S/C20H20ClFN2/c1-13-6-4-8-17(14(13)2)15(3)20-23-10-11-24(20)12-16-7-5-9-18(21)19(16)22/h4-11,15H,12H2,1-3H3/t15-/m0/s1. The van der Waals surface area contributed by atoms with Crippen LogP contribution in [0.1, 0.15) is 40.9 Å². The van der Waals surface area contributed by atoms with Crippen LogP contribution in [0.25, 0.3) is 0 Å². The Balaban J connectivity index is 1.96. The van der Waals surface area contributed by atoms with Crippen LogP contribution in [0.4, 0.5) is 4.39 Å². The molecule has 1 atom stereocenters. The van der Waals surface area contributed by atoms with Crippen molar-refractivity contribution in [3.05, 3.63) is 87.7 Å². The maximum atomic E-state index is 14.2. The first-order valence-electron chi connectivity index (χ1n) is 7.99. The van der Waals surface area contributed by atoms with Gasteiger partial charge in [0.15, 0.2) is 0 Å². The fourth-order valence-electron chi connectivity index (χ4n) is 3.07. The summed E-state index contributed by atoms with van der Waals surface area (Å²) in [5.74, 6) is 0.684. The summed E-state index contributed by atoms with van der Waals surface area (Å²) in [4.78, 5) is 4.52. The van der Waals surface area contributed by atoms with Gasteiger partial charge >= 0.3 is 0 Å². The van der Waals surface area contributed by atoms with E-state index in [1.807, 2.05) is 10.8 Å². The minimum atomic E-state index is -0.363. The fraction of sp³-hybridized carbons (Fsp3) is 0.250. The molecule has 1 heterocycles.